The van der Waals surface area contributed by atoms with Gasteiger partial charge in [-0.3, -0.25) is 10.1 Å². The molecule has 20 heavy (non-hydrogen) atoms. The van der Waals surface area contributed by atoms with Gasteiger partial charge in [0.15, 0.2) is 0 Å². The van der Waals surface area contributed by atoms with Crippen LogP contribution in [0.25, 0.3) is 0 Å². The number of anilines is 1. The average Bonchev–Trinajstić information content (AvgIpc) is 2.41. The van der Waals surface area contributed by atoms with Crippen molar-refractivity contribution < 1.29 is 9.31 Å². The third kappa shape index (κ3) is 3.24. The smallest absolute Gasteiger partial charge is 0.269 e. The van der Waals surface area contributed by atoms with Crippen molar-refractivity contribution in [1.82, 2.24) is 0 Å². The van der Waals surface area contributed by atoms with E-state index in [1.807, 2.05) is 6.92 Å². The molecule has 1 N–H and O–H groups in total. The maximum absolute atomic E-state index is 13.6. The number of benzene rings is 2. The molecule has 0 spiro atoms. The van der Waals surface area contributed by atoms with Gasteiger partial charge >= 0.3 is 0 Å². The maximum Gasteiger partial charge on any atom is 0.269 e. The lowest BCUT2D eigenvalue weighted by molar-refractivity contribution is -0.384. The molecule has 0 fully saturated rings. The zero-order chi connectivity index (χ0) is 14.7. The number of aryl methyl sites for hydroxylation is 1. The van der Waals surface area contributed by atoms with Crippen LogP contribution in [0, 0.1) is 22.9 Å². The third-order valence-electron chi connectivity index (χ3n) is 2.83. The topological polar surface area (TPSA) is 55.2 Å². The van der Waals surface area contributed by atoms with Crippen molar-refractivity contribution in [3.05, 3.63) is 68.5 Å². The van der Waals surface area contributed by atoms with Crippen LogP contribution >= 0.6 is 11.6 Å². The van der Waals surface area contributed by atoms with Crippen molar-refractivity contribution in [2.45, 2.75) is 13.5 Å². The summed E-state index contributed by atoms with van der Waals surface area (Å²) >= 11 is 5.98. The summed E-state index contributed by atoms with van der Waals surface area (Å²) in [7, 11) is 0. The van der Waals surface area contributed by atoms with Crippen molar-refractivity contribution >= 4 is 23.0 Å². The molecule has 2 rings (SSSR count). The van der Waals surface area contributed by atoms with Crippen LogP contribution in [-0.2, 0) is 6.54 Å². The molecular formula is C14H12ClFN2O2. The Morgan fingerprint density at radius 3 is 2.75 bits per heavy atom. The van der Waals surface area contributed by atoms with E-state index in [1.165, 1.54) is 24.3 Å². The summed E-state index contributed by atoms with van der Waals surface area (Å²) in [6, 6.07) is 8.87. The number of nitro groups is 1. The Morgan fingerprint density at radius 1 is 1.30 bits per heavy atom. The Labute approximate surface area is 120 Å². The molecule has 0 atom stereocenters. The van der Waals surface area contributed by atoms with E-state index in [1.54, 1.807) is 12.1 Å². The molecular weight excluding hydrogens is 283 g/mol. The predicted octanol–water partition coefficient (Wildman–Crippen LogP) is 4.31. The standard InChI is InChI=1S/C14H12ClFN2O2/c1-9-2-5-13(16)14(6-9)17-8-10-7-11(18(19)20)3-4-12(10)15/h2-7,17H,8H2,1H3. The highest BCUT2D eigenvalue weighted by Gasteiger charge is 2.10. The first-order valence-electron chi connectivity index (χ1n) is 5.90. The monoisotopic (exact) mass is 294 g/mol. The molecule has 104 valence electrons. The Kier molecular flexibility index (Phi) is 4.20. The second-order valence-corrected chi connectivity index (χ2v) is 4.78. The molecule has 0 radical (unpaired) electrons. The number of rotatable bonds is 4. The molecule has 0 aliphatic carbocycles. The van der Waals surface area contributed by atoms with Gasteiger partial charge < -0.3 is 5.32 Å². The summed E-state index contributed by atoms with van der Waals surface area (Å²) in [5, 5.41) is 14.0. The van der Waals surface area contributed by atoms with E-state index in [-0.39, 0.29) is 18.0 Å². The fourth-order valence-electron chi connectivity index (χ4n) is 1.78. The summed E-state index contributed by atoms with van der Waals surface area (Å²) < 4.78 is 13.6. The van der Waals surface area contributed by atoms with Gasteiger partial charge in [0.25, 0.3) is 5.69 Å². The van der Waals surface area contributed by atoms with Crippen molar-refractivity contribution in [1.29, 1.82) is 0 Å². The number of nitro benzene ring substituents is 1. The van der Waals surface area contributed by atoms with Crippen molar-refractivity contribution in [3.8, 4) is 0 Å². The molecule has 0 saturated heterocycles. The average molecular weight is 295 g/mol. The highest BCUT2D eigenvalue weighted by Crippen LogP contribution is 2.24. The molecule has 0 aliphatic heterocycles. The third-order valence-corrected chi connectivity index (χ3v) is 3.20. The molecule has 6 heteroatoms. The van der Waals surface area contributed by atoms with Crippen LogP contribution in [-0.4, -0.2) is 4.92 Å². The Balaban J connectivity index is 2.20. The zero-order valence-corrected chi connectivity index (χ0v) is 11.4. The summed E-state index contributed by atoms with van der Waals surface area (Å²) in [6.07, 6.45) is 0. The molecule has 0 amide bonds. The second kappa shape index (κ2) is 5.88. The van der Waals surface area contributed by atoms with E-state index in [0.717, 1.165) is 5.56 Å². The molecule has 0 aromatic heterocycles. The van der Waals surface area contributed by atoms with Crippen molar-refractivity contribution in [3.63, 3.8) is 0 Å². The van der Waals surface area contributed by atoms with E-state index in [4.69, 9.17) is 11.6 Å². The summed E-state index contributed by atoms with van der Waals surface area (Å²) in [4.78, 5) is 10.2. The predicted molar refractivity (Wildman–Crippen MR) is 76.6 cm³/mol. The van der Waals surface area contributed by atoms with Crippen molar-refractivity contribution in [2.24, 2.45) is 0 Å². The molecule has 0 aliphatic rings. The first-order chi connectivity index (χ1) is 9.47. The number of nitrogens with zero attached hydrogens (tertiary/aromatic N) is 1. The van der Waals surface area contributed by atoms with Gasteiger partial charge in [-0.25, -0.2) is 4.39 Å². The number of nitrogens with one attached hydrogen (secondary N) is 1. The first-order valence-corrected chi connectivity index (χ1v) is 6.28. The zero-order valence-electron chi connectivity index (χ0n) is 10.7. The number of hydrogen-bond donors (Lipinski definition) is 1. The minimum Gasteiger partial charge on any atom is -0.379 e. The lowest BCUT2D eigenvalue weighted by Crippen LogP contribution is -2.03. The Bertz CT molecular complexity index is 662. The quantitative estimate of drug-likeness (QED) is 0.675. The van der Waals surface area contributed by atoms with Gasteiger partial charge in [0.05, 0.1) is 10.6 Å². The van der Waals surface area contributed by atoms with E-state index in [0.29, 0.717) is 16.3 Å². The highest BCUT2D eigenvalue weighted by atomic mass is 35.5. The van der Waals surface area contributed by atoms with Crippen LogP contribution in [0.5, 0.6) is 0 Å². The van der Waals surface area contributed by atoms with Crippen LogP contribution in [0.4, 0.5) is 15.8 Å². The molecule has 0 saturated carbocycles. The van der Waals surface area contributed by atoms with Gasteiger partial charge in [-0.15, -0.1) is 0 Å². The van der Waals surface area contributed by atoms with Crippen LogP contribution < -0.4 is 5.32 Å². The molecule has 0 bridgehead atoms. The van der Waals surface area contributed by atoms with E-state index in [2.05, 4.69) is 5.32 Å². The van der Waals surface area contributed by atoms with Crippen LogP contribution in [0.1, 0.15) is 11.1 Å². The lowest BCUT2D eigenvalue weighted by atomic mass is 10.1. The minimum atomic E-state index is -0.493. The van der Waals surface area contributed by atoms with Gasteiger partial charge in [0, 0.05) is 23.7 Å². The highest BCUT2D eigenvalue weighted by molar-refractivity contribution is 6.31. The van der Waals surface area contributed by atoms with E-state index < -0.39 is 4.92 Å². The van der Waals surface area contributed by atoms with E-state index >= 15 is 0 Å². The fraction of sp³-hybridized carbons (Fsp3) is 0.143. The summed E-state index contributed by atoms with van der Waals surface area (Å²) in [5.74, 6) is -0.378. The normalized spacial score (nSPS) is 10.3. The SMILES string of the molecule is Cc1ccc(F)c(NCc2cc([N+](=O)[O-])ccc2Cl)c1. The van der Waals surface area contributed by atoms with E-state index in [9.17, 15) is 14.5 Å². The van der Waals surface area contributed by atoms with Crippen LogP contribution in [0.3, 0.4) is 0 Å². The van der Waals surface area contributed by atoms with Gasteiger partial charge in [-0.1, -0.05) is 17.7 Å². The first kappa shape index (κ1) is 14.3. The fourth-order valence-corrected chi connectivity index (χ4v) is 1.96. The van der Waals surface area contributed by atoms with Crippen molar-refractivity contribution in [2.75, 3.05) is 5.32 Å². The summed E-state index contributed by atoms with van der Waals surface area (Å²) in [5.41, 5.74) is 1.75. The van der Waals surface area contributed by atoms with Gasteiger partial charge in [-0.2, -0.15) is 0 Å². The van der Waals surface area contributed by atoms with Gasteiger partial charge in [0.2, 0.25) is 0 Å². The number of halogens is 2. The van der Waals surface area contributed by atoms with Crippen LogP contribution in [0.2, 0.25) is 5.02 Å². The largest absolute Gasteiger partial charge is 0.379 e. The number of hydrogen-bond acceptors (Lipinski definition) is 3. The molecule has 2 aromatic rings. The Morgan fingerprint density at radius 2 is 2.05 bits per heavy atom. The lowest BCUT2D eigenvalue weighted by Gasteiger charge is -2.09. The molecule has 0 unspecified atom stereocenters. The van der Waals surface area contributed by atoms with Gasteiger partial charge in [0.1, 0.15) is 5.82 Å². The van der Waals surface area contributed by atoms with Gasteiger partial charge in [-0.05, 0) is 36.2 Å². The maximum atomic E-state index is 13.6. The molecule has 0 heterocycles. The minimum absolute atomic E-state index is 0.0454. The second-order valence-electron chi connectivity index (χ2n) is 4.37. The molecule has 2 aromatic carbocycles. The molecule has 4 nitrogen and oxygen atoms in total. The van der Waals surface area contributed by atoms with Crippen LogP contribution in [0.15, 0.2) is 36.4 Å². The summed E-state index contributed by atoms with van der Waals surface area (Å²) in [6.45, 7) is 2.06. The Hall–Kier alpha value is -2.14. The number of non-ortho nitro benzene ring substituents is 1.